The topological polar surface area (TPSA) is 53.6 Å². The van der Waals surface area contributed by atoms with E-state index in [1.54, 1.807) is 0 Å². The van der Waals surface area contributed by atoms with Crippen LogP contribution in [0.2, 0.25) is 0 Å². The van der Waals surface area contributed by atoms with Crippen molar-refractivity contribution in [1.29, 1.82) is 0 Å². The summed E-state index contributed by atoms with van der Waals surface area (Å²) >= 11 is 0. The van der Waals surface area contributed by atoms with E-state index in [1.165, 1.54) is 0 Å². The molecule has 0 aliphatic carbocycles. The van der Waals surface area contributed by atoms with Crippen molar-refractivity contribution in [2.24, 2.45) is 0 Å². The van der Waals surface area contributed by atoms with E-state index < -0.39 is 0 Å². The Morgan fingerprint density at radius 3 is 3.18 bits per heavy atom. The van der Waals surface area contributed by atoms with Crippen molar-refractivity contribution in [2.75, 3.05) is 39.3 Å². The molecule has 2 unspecified atom stereocenters. The molecule has 2 N–H and O–H groups in total. The lowest BCUT2D eigenvalue weighted by Gasteiger charge is -2.32. The molecule has 5 nitrogen and oxygen atoms in total. The number of nitrogens with zero attached hydrogens (tertiary/aromatic N) is 1. The summed E-state index contributed by atoms with van der Waals surface area (Å²) in [5.41, 5.74) is 0. The molecule has 0 saturated carbocycles. The fourth-order valence-corrected chi connectivity index (χ4v) is 2.42. The Bertz CT molecular complexity index is 254. The summed E-state index contributed by atoms with van der Waals surface area (Å²) in [6.45, 7) is 7.37. The fraction of sp³-hybridized carbons (Fsp3) is 0.917. The second-order valence-corrected chi connectivity index (χ2v) is 4.80. The number of ether oxygens (including phenoxy) is 1. The first-order valence-electron chi connectivity index (χ1n) is 6.64. The van der Waals surface area contributed by atoms with Crippen LogP contribution in [0.5, 0.6) is 0 Å². The van der Waals surface area contributed by atoms with Crippen LogP contribution in [-0.4, -0.2) is 62.3 Å². The van der Waals surface area contributed by atoms with Crippen LogP contribution in [0, 0.1) is 0 Å². The summed E-state index contributed by atoms with van der Waals surface area (Å²) in [4.78, 5) is 14.3. The minimum absolute atomic E-state index is 0.0526. The Labute approximate surface area is 103 Å². The SMILES string of the molecule is CCN1CCOC(C(=O)NC2CCCNC2)C1. The fourth-order valence-electron chi connectivity index (χ4n) is 2.42. The van der Waals surface area contributed by atoms with Crippen molar-refractivity contribution in [3.8, 4) is 0 Å². The molecule has 0 aromatic rings. The number of piperidine rings is 1. The predicted molar refractivity (Wildman–Crippen MR) is 65.9 cm³/mol. The number of carbonyl (C=O) groups excluding carboxylic acids is 1. The number of hydrogen-bond acceptors (Lipinski definition) is 4. The Hall–Kier alpha value is -0.650. The molecule has 2 aliphatic heterocycles. The van der Waals surface area contributed by atoms with Crippen molar-refractivity contribution in [3.05, 3.63) is 0 Å². The third-order valence-corrected chi connectivity index (χ3v) is 3.53. The van der Waals surface area contributed by atoms with Crippen LogP contribution in [-0.2, 0) is 9.53 Å². The maximum atomic E-state index is 12.0. The molecular formula is C12H23N3O2. The summed E-state index contributed by atoms with van der Waals surface area (Å²) in [5.74, 6) is 0.0526. The van der Waals surface area contributed by atoms with E-state index in [1.807, 2.05) is 0 Å². The highest BCUT2D eigenvalue weighted by Crippen LogP contribution is 2.07. The zero-order chi connectivity index (χ0) is 12.1. The van der Waals surface area contributed by atoms with Crippen molar-refractivity contribution in [3.63, 3.8) is 0 Å². The normalized spacial score (nSPS) is 31.1. The zero-order valence-electron chi connectivity index (χ0n) is 10.6. The lowest BCUT2D eigenvalue weighted by Crippen LogP contribution is -2.54. The third-order valence-electron chi connectivity index (χ3n) is 3.53. The molecule has 0 aromatic heterocycles. The predicted octanol–water partition coefficient (Wildman–Crippen LogP) is -0.425. The molecule has 2 fully saturated rings. The van der Waals surface area contributed by atoms with E-state index in [0.717, 1.165) is 45.6 Å². The molecule has 5 heteroatoms. The smallest absolute Gasteiger partial charge is 0.250 e. The quantitative estimate of drug-likeness (QED) is 0.704. The van der Waals surface area contributed by atoms with Gasteiger partial charge in [0.2, 0.25) is 0 Å². The van der Waals surface area contributed by atoms with E-state index in [2.05, 4.69) is 22.5 Å². The largest absolute Gasteiger partial charge is 0.366 e. The van der Waals surface area contributed by atoms with Gasteiger partial charge in [0.25, 0.3) is 5.91 Å². The average Bonchev–Trinajstić information content (AvgIpc) is 2.40. The number of amides is 1. The number of likely N-dealkylation sites (N-methyl/N-ethyl adjacent to an activating group) is 1. The molecule has 98 valence electrons. The summed E-state index contributed by atoms with van der Waals surface area (Å²) in [5, 5.41) is 6.38. The van der Waals surface area contributed by atoms with Gasteiger partial charge >= 0.3 is 0 Å². The van der Waals surface area contributed by atoms with E-state index in [0.29, 0.717) is 6.61 Å². The van der Waals surface area contributed by atoms with Gasteiger partial charge in [-0.2, -0.15) is 0 Å². The van der Waals surface area contributed by atoms with Gasteiger partial charge in [-0.1, -0.05) is 6.92 Å². The van der Waals surface area contributed by atoms with E-state index >= 15 is 0 Å². The van der Waals surface area contributed by atoms with Gasteiger partial charge in [0.1, 0.15) is 6.10 Å². The molecule has 0 spiro atoms. The van der Waals surface area contributed by atoms with Gasteiger partial charge in [0.05, 0.1) is 6.61 Å². The van der Waals surface area contributed by atoms with Gasteiger partial charge in [0, 0.05) is 25.7 Å². The Balaban J connectivity index is 1.78. The standard InChI is InChI=1S/C12H23N3O2/c1-2-15-6-7-17-11(9-15)12(16)14-10-4-3-5-13-8-10/h10-11,13H,2-9H2,1H3,(H,14,16). The van der Waals surface area contributed by atoms with E-state index in [9.17, 15) is 4.79 Å². The third kappa shape index (κ3) is 3.66. The molecule has 0 aromatic carbocycles. The van der Waals surface area contributed by atoms with Crippen molar-refractivity contribution in [1.82, 2.24) is 15.5 Å². The summed E-state index contributed by atoms with van der Waals surface area (Å²) in [6.07, 6.45) is 1.92. The Morgan fingerprint density at radius 1 is 1.59 bits per heavy atom. The first-order chi connectivity index (χ1) is 8.29. The Morgan fingerprint density at radius 2 is 2.47 bits per heavy atom. The maximum absolute atomic E-state index is 12.0. The van der Waals surface area contributed by atoms with Crippen molar-refractivity contribution >= 4 is 5.91 Å². The van der Waals surface area contributed by atoms with Crippen LogP contribution in [0.15, 0.2) is 0 Å². The van der Waals surface area contributed by atoms with Gasteiger partial charge in [0.15, 0.2) is 0 Å². The van der Waals surface area contributed by atoms with Gasteiger partial charge < -0.3 is 15.4 Å². The van der Waals surface area contributed by atoms with Crippen LogP contribution in [0.25, 0.3) is 0 Å². The number of morpholine rings is 1. The van der Waals surface area contributed by atoms with Crippen LogP contribution < -0.4 is 10.6 Å². The van der Waals surface area contributed by atoms with Crippen LogP contribution in [0.1, 0.15) is 19.8 Å². The summed E-state index contributed by atoms with van der Waals surface area (Å²) in [7, 11) is 0. The zero-order valence-corrected chi connectivity index (χ0v) is 10.6. The summed E-state index contributed by atoms with van der Waals surface area (Å²) in [6, 6.07) is 0.275. The highest BCUT2D eigenvalue weighted by Gasteiger charge is 2.27. The molecular weight excluding hydrogens is 218 g/mol. The minimum Gasteiger partial charge on any atom is -0.366 e. The highest BCUT2D eigenvalue weighted by molar-refractivity contribution is 5.81. The number of nitrogens with one attached hydrogen (secondary N) is 2. The molecule has 2 atom stereocenters. The molecule has 17 heavy (non-hydrogen) atoms. The molecule has 2 saturated heterocycles. The van der Waals surface area contributed by atoms with Gasteiger partial charge in [-0.3, -0.25) is 9.69 Å². The lowest BCUT2D eigenvalue weighted by molar-refractivity contribution is -0.139. The molecule has 1 amide bonds. The molecule has 2 aliphatic rings. The minimum atomic E-state index is -0.286. The maximum Gasteiger partial charge on any atom is 0.250 e. The van der Waals surface area contributed by atoms with Crippen LogP contribution >= 0.6 is 0 Å². The van der Waals surface area contributed by atoms with Crippen molar-refractivity contribution < 1.29 is 9.53 Å². The first-order valence-corrected chi connectivity index (χ1v) is 6.64. The van der Waals surface area contributed by atoms with Crippen molar-refractivity contribution in [2.45, 2.75) is 31.9 Å². The number of hydrogen-bond donors (Lipinski definition) is 2. The summed E-state index contributed by atoms with van der Waals surface area (Å²) < 4.78 is 5.54. The molecule has 2 heterocycles. The monoisotopic (exact) mass is 241 g/mol. The van der Waals surface area contributed by atoms with Gasteiger partial charge in [-0.25, -0.2) is 0 Å². The first kappa shape index (κ1) is 12.8. The second kappa shape index (κ2) is 6.33. The number of carbonyl (C=O) groups is 1. The molecule has 2 rings (SSSR count). The van der Waals surface area contributed by atoms with Gasteiger partial charge in [-0.05, 0) is 25.9 Å². The molecule has 0 radical (unpaired) electrons. The van der Waals surface area contributed by atoms with E-state index in [4.69, 9.17) is 4.74 Å². The number of rotatable bonds is 3. The van der Waals surface area contributed by atoms with Gasteiger partial charge in [-0.15, -0.1) is 0 Å². The highest BCUT2D eigenvalue weighted by atomic mass is 16.5. The lowest BCUT2D eigenvalue weighted by atomic mass is 10.1. The van der Waals surface area contributed by atoms with Crippen LogP contribution in [0.4, 0.5) is 0 Å². The average molecular weight is 241 g/mol. The van der Waals surface area contributed by atoms with E-state index in [-0.39, 0.29) is 18.1 Å². The second-order valence-electron chi connectivity index (χ2n) is 4.80. The van der Waals surface area contributed by atoms with Crippen LogP contribution in [0.3, 0.4) is 0 Å². The Kier molecular flexibility index (Phi) is 4.76. The molecule has 0 bridgehead atoms.